The van der Waals surface area contributed by atoms with Gasteiger partial charge in [0.15, 0.2) is 0 Å². The Labute approximate surface area is 112 Å². The van der Waals surface area contributed by atoms with Crippen molar-refractivity contribution in [2.75, 3.05) is 18.1 Å². The molecule has 0 aliphatic carbocycles. The first-order valence-corrected chi connectivity index (χ1v) is 7.03. The molecule has 0 atom stereocenters. The Kier molecular flexibility index (Phi) is 2.68. The van der Waals surface area contributed by atoms with E-state index in [4.69, 9.17) is 4.74 Å². The van der Waals surface area contributed by atoms with Crippen molar-refractivity contribution in [2.45, 2.75) is 13.8 Å². The van der Waals surface area contributed by atoms with Crippen molar-refractivity contribution in [3.63, 3.8) is 0 Å². The number of rotatable bonds is 2. The van der Waals surface area contributed by atoms with Gasteiger partial charge in [-0.05, 0) is 29.5 Å². The summed E-state index contributed by atoms with van der Waals surface area (Å²) in [6.45, 7) is 10.1. The van der Waals surface area contributed by atoms with E-state index in [1.165, 1.54) is 16.8 Å². The van der Waals surface area contributed by atoms with E-state index in [0.29, 0.717) is 0 Å². The van der Waals surface area contributed by atoms with Gasteiger partial charge in [0.2, 0.25) is 0 Å². The molecule has 94 valence electrons. The smallest absolute Gasteiger partial charge is 0.0591 e. The van der Waals surface area contributed by atoms with Gasteiger partial charge in [0.05, 0.1) is 18.9 Å². The molecule has 2 nitrogen and oxygen atoms in total. The van der Waals surface area contributed by atoms with Crippen molar-refractivity contribution in [3.05, 3.63) is 52.5 Å². The molecule has 0 aromatic carbocycles. The molecule has 1 aromatic rings. The number of hydrogen-bond acceptors (Lipinski definition) is 3. The highest BCUT2D eigenvalue weighted by Gasteiger charge is 2.37. The second-order valence-corrected chi connectivity index (χ2v) is 6.02. The molecule has 0 unspecified atom stereocenters. The molecule has 3 heterocycles. The molecule has 0 bridgehead atoms. The van der Waals surface area contributed by atoms with Crippen LogP contribution in [0.25, 0.3) is 0 Å². The van der Waals surface area contributed by atoms with Gasteiger partial charge in [-0.25, -0.2) is 0 Å². The van der Waals surface area contributed by atoms with Crippen molar-refractivity contribution in [1.29, 1.82) is 0 Å². The van der Waals surface area contributed by atoms with Gasteiger partial charge in [0, 0.05) is 22.7 Å². The summed E-state index contributed by atoms with van der Waals surface area (Å²) in [5.74, 6) is 0. The average Bonchev–Trinajstić information content (AvgIpc) is 2.73. The molecule has 3 rings (SSSR count). The van der Waals surface area contributed by atoms with Crippen molar-refractivity contribution < 1.29 is 4.74 Å². The van der Waals surface area contributed by atoms with Gasteiger partial charge in [0.1, 0.15) is 0 Å². The Morgan fingerprint density at radius 1 is 1.33 bits per heavy atom. The summed E-state index contributed by atoms with van der Waals surface area (Å²) in [5, 5.41) is 4.34. The Morgan fingerprint density at radius 2 is 2.11 bits per heavy atom. The normalized spacial score (nSPS) is 21.8. The number of thiophene rings is 1. The maximum Gasteiger partial charge on any atom is 0.0591 e. The summed E-state index contributed by atoms with van der Waals surface area (Å²) in [6.07, 6.45) is 6.47. The van der Waals surface area contributed by atoms with E-state index in [0.717, 1.165) is 18.9 Å². The third kappa shape index (κ3) is 1.74. The topological polar surface area (TPSA) is 12.5 Å². The molecule has 18 heavy (non-hydrogen) atoms. The molecule has 0 N–H and O–H groups in total. The Balaban J connectivity index is 1.97. The van der Waals surface area contributed by atoms with Crippen LogP contribution >= 0.6 is 11.3 Å². The van der Waals surface area contributed by atoms with Crippen LogP contribution < -0.4 is 4.90 Å². The Bertz CT molecular complexity index is 549. The zero-order chi connectivity index (χ0) is 12.8. The lowest BCUT2D eigenvalue weighted by Crippen LogP contribution is -2.42. The highest BCUT2D eigenvalue weighted by Crippen LogP contribution is 2.39. The zero-order valence-electron chi connectivity index (χ0n) is 10.8. The molecular weight excluding hydrogens is 242 g/mol. The van der Waals surface area contributed by atoms with Crippen LogP contribution in [0, 0.1) is 12.3 Å². The first kappa shape index (κ1) is 11.8. The number of allylic oxidation sites excluding steroid dienone is 2. The van der Waals surface area contributed by atoms with E-state index in [1.807, 2.05) is 0 Å². The summed E-state index contributed by atoms with van der Waals surface area (Å²) in [7, 11) is 0. The fourth-order valence-electron chi connectivity index (χ4n) is 2.29. The minimum atomic E-state index is 0.166. The molecule has 0 amide bonds. The van der Waals surface area contributed by atoms with Crippen LogP contribution in [0.5, 0.6) is 0 Å². The van der Waals surface area contributed by atoms with Crippen molar-refractivity contribution in [3.8, 4) is 0 Å². The van der Waals surface area contributed by atoms with Crippen LogP contribution in [-0.4, -0.2) is 13.2 Å². The van der Waals surface area contributed by atoms with Crippen molar-refractivity contribution in [1.82, 2.24) is 0 Å². The summed E-state index contributed by atoms with van der Waals surface area (Å²) in [4.78, 5) is 2.19. The van der Waals surface area contributed by atoms with Crippen LogP contribution in [0.15, 0.2) is 47.0 Å². The van der Waals surface area contributed by atoms with E-state index >= 15 is 0 Å². The van der Waals surface area contributed by atoms with Crippen molar-refractivity contribution in [2.24, 2.45) is 5.41 Å². The SMILES string of the molecule is C=C1C=CC(C2(C)COC2)=CN1c1cscc1C. The molecule has 2 aliphatic heterocycles. The average molecular weight is 259 g/mol. The van der Waals surface area contributed by atoms with Crippen LogP contribution in [0.2, 0.25) is 0 Å². The van der Waals surface area contributed by atoms with E-state index < -0.39 is 0 Å². The van der Waals surface area contributed by atoms with E-state index in [9.17, 15) is 0 Å². The van der Waals surface area contributed by atoms with Crippen LogP contribution in [0.3, 0.4) is 0 Å². The number of hydrogen-bond donors (Lipinski definition) is 0. The van der Waals surface area contributed by atoms with Gasteiger partial charge in [-0.15, -0.1) is 11.3 Å². The van der Waals surface area contributed by atoms with Gasteiger partial charge in [0.25, 0.3) is 0 Å². The lowest BCUT2D eigenvalue weighted by atomic mass is 9.79. The van der Waals surface area contributed by atoms with Crippen LogP contribution in [0.4, 0.5) is 5.69 Å². The van der Waals surface area contributed by atoms with Gasteiger partial charge in [-0.3, -0.25) is 0 Å². The lowest BCUT2D eigenvalue weighted by Gasteiger charge is -2.41. The predicted molar refractivity (Wildman–Crippen MR) is 76.8 cm³/mol. The predicted octanol–water partition coefficient (Wildman–Crippen LogP) is 3.87. The zero-order valence-corrected chi connectivity index (χ0v) is 11.6. The summed E-state index contributed by atoms with van der Waals surface area (Å²) in [6, 6.07) is 0. The quantitative estimate of drug-likeness (QED) is 0.799. The number of aryl methyl sites for hydroxylation is 1. The fraction of sp³-hybridized carbons (Fsp3) is 0.333. The van der Waals surface area contributed by atoms with Gasteiger partial charge >= 0.3 is 0 Å². The standard InChI is InChI=1S/C15H17NOS/c1-11-7-18-8-14(11)16-6-13(5-4-12(16)2)15(3)9-17-10-15/h4-8H,2,9-10H2,1,3H3. The maximum absolute atomic E-state index is 5.35. The summed E-state index contributed by atoms with van der Waals surface area (Å²) in [5.41, 5.74) is 5.04. The largest absolute Gasteiger partial charge is 0.379 e. The van der Waals surface area contributed by atoms with Crippen molar-refractivity contribution >= 4 is 17.0 Å². The lowest BCUT2D eigenvalue weighted by molar-refractivity contribution is -0.0760. The third-order valence-electron chi connectivity index (χ3n) is 3.66. The Hall–Kier alpha value is -1.32. The minimum Gasteiger partial charge on any atom is -0.379 e. The highest BCUT2D eigenvalue weighted by atomic mass is 32.1. The Morgan fingerprint density at radius 3 is 2.67 bits per heavy atom. The molecule has 3 heteroatoms. The number of anilines is 1. The first-order chi connectivity index (χ1) is 8.60. The maximum atomic E-state index is 5.35. The third-order valence-corrected chi connectivity index (χ3v) is 4.51. The van der Waals surface area contributed by atoms with E-state index in [-0.39, 0.29) is 5.41 Å². The van der Waals surface area contributed by atoms with Gasteiger partial charge in [-0.2, -0.15) is 0 Å². The summed E-state index contributed by atoms with van der Waals surface area (Å²) < 4.78 is 5.35. The first-order valence-electron chi connectivity index (χ1n) is 6.09. The number of nitrogens with zero attached hydrogens (tertiary/aromatic N) is 1. The van der Waals surface area contributed by atoms with Crippen LogP contribution in [0.1, 0.15) is 12.5 Å². The molecule has 1 fully saturated rings. The second-order valence-electron chi connectivity index (χ2n) is 5.27. The highest BCUT2D eigenvalue weighted by molar-refractivity contribution is 7.08. The molecule has 1 saturated heterocycles. The van der Waals surface area contributed by atoms with E-state index in [1.54, 1.807) is 11.3 Å². The monoisotopic (exact) mass is 259 g/mol. The molecule has 0 radical (unpaired) electrons. The van der Waals surface area contributed by atoms with E-state index in [2.05, 4.69) is 54.4 Å². The molecule has 0 saturated carbocycles. The fourth-order valence-corrected chi connectivity index (χ4v) is 3.11. The van der Waals surface area contributed by atoms with Gasteiger partial charge < -0.3 is 9.64 Å². The molecule has 2 aliphatic rings. The van der Waals surface area contributed by atoms with Crippen LogP contribution in [-0.2, 0) is 4.74 Å². The van der Waals surface area contributed by atoms with Gasteiger partial charge in [-0.1, -0.05) is 19.6 Å². The summed E-state index contributed by atoms with van der Waals surface area (Å²) >= 11 is 1.73. The molecule has 1 aromatic heterocycles. The molecular formula is C15H17NOS. The number of ether oxygens (including phenoxy) is 1. The minimum absolute atomic E-state index is 0.166. The molecule has 0 spiro atoms. The second kappa shape index (κ2) is 4.11.